The molecule has 18 heavy (non-hydrogen) atoms. The van der Waals surface area contributed by atoms with Crippen LogP contribution in [0.15, 0.2) is 30.5 Å². The van der Waals surface area contributed by atoms with Gasteiger partial charge in [-0.1, -0.05) is 18.5 Å². The van der Waals surface area contributed by atoms with Gasteiger partial charge in [-0.25, -0.2) is 4.39 Å². The maximum Gasteiger partial charge on any atom is 0.211 e. The van der Waals surface area contributed by atoms with E-state index in [1.54, 1.807) is 16.9 Å². The van der Waals surface area contributed by atoms with E-state index < -0.39 is 5.82 Å². The molecule has 2 rings (SSSR count). The van der Waals surface area contributed by atoms with Crippen LogP contribution < -0.4 is 0 Å². The van der Waals surface area contributed by atoms with Crippen LogP contribution in [0, 0.1) is 5.82 Å². The zero-order valence-electron chi connectivity index (χ0n) is 9.86. The minimum absolute atomic E-state index is 0.00798. The smallest absolute Gasteiger partial charge is 0.211 e. The average Bonchev–Trinajstić information content (AvgIpc) is 2.80. The molecule has 0 fully saturated rings. The van der Waals surface area contributed by atoms with E-state index in [0.717, 1.165) is 12.5 Å². The van der Waals surface area contributed by atoms with Crippen LogP contribution in [0.3, 0.4) is 0 Å². The molecule has 1 heterocycles. The molecular weight excluding hydrogens is 255 g/mol. The first-order chi connectivity index (χ1) is 8.63. The normalized spacial score (nSPS) is 10.6. The number of carbonyl (C=O) groups is 1. The van der Waals surface area contributed by atoms with Crippen molar-refractivity contribution in [3.8, 4) is 0 Å². The first-order valence-corrected chi connectivity index (χ1v) is 6.03. The number of aromatic nitrogens is 2. The summed E-state index contributed by atoms with van der Waals surface area (Å²) in [4.78, 5) is 12.2. The van der Waals surface area contributed by atoms with Crippen molar-refractivity contribution < 1.29 is 9.18 Å². The van der Waals surface area contributed by atoms with Crippen molar-refractivity contribution >= 4 is 17.4 Å². The maximum absolute atomic E-state index is 13.3. The van der Waals surface area contributed by atoms with Gasteiger partial charge in [0.15, 0.2) is 0 Å². The van der Waals surface area contributed by atoms with Crippen LogP contribution in [0.5, 0.6) is 0 Å². The van der Waals surface area contributed by atoms with Crippen LogP contribution in [0.2, 0.25) is 5.02 Å². The molecule has 94 valence electrons. The Labute approximate surface area is 109 Å². The molecule has 1 aromatic carbocycles. The second-order valence-corrected chi connectivity index (χ2v) is 4.30. The van der Waals surface area contributed by atoms with Gasteiger partial charge in [-0.2, -0.15) is 5.10 Å². The molecule has 0 aliphatic heterocycles. The fourth-order valence-electron chi connectivity index (χ4n) is 1.70. The van der Waals surface area contributed by atoms with Crippen LogP contribution in [-0.4, -0.2) is 15.6 Å². The molecule has 0 bridgehead atoms. The molecule has 1 aromatic heterocycles. The predicted molar refractivity (Wildman–Crippen MR) is 67.4 cm³/mol. The van der Waals surface area contributed by atoms with E-state index in [-0.39, 0.29) is 16.4 Å². The average molecular weight is 267 g/mol. The molecule has 0 N–H and O–H groups in total. The van der Waals surface area contributed by atoms with Gasteiger partial charge in [0.1, 0.15) is 11.5 Å². The molecular formula is C13H12ClFN2O. The van der Waals surface area contributed by atoms with E-state index in [1.165, 1.54) is 12.1 Å². The Bertz CT molecular complexity index is 580. The summed E-state index contributed by atoms with van der Waals surface area (Å²) >= 11 is 5.59. The molecule has 0 radical (unpaired) electrons. The fourth-order valence-corrected chi connectivity index (χ4v) is 1.82. The highest BCUT2D eigenvalue weighted by molar-refractivity contribution is 6.30. The molecule has 0 unspecified atom stereocenters. The number of hydrogen-bond donors (Lipinski definition) is 0. The van der Waals surface area contributed by atoms with Crippen molar-refractivity contribution in [2.75, 3.05) is 0 Å². The Kier molecular flexibility index (Phi) is 3.77. The molecule has 3 nitrogen and oxygen atoms in total. The molecule has 2 aromatic rings. The van der Waals surface area contributed by atoms with Crippen molar-refractivity contribution in [3.63, 3.8) is 0 Å². The van der Waals surface area contributed by atoms with Gasteiger partial charge in [0.2, 0.25) is 5.78 Å². The van der Waals surface area contributed by atoms with Gasteiger partial charge in [0.25, 0.3) is 0 Å². The topological polar surface area (TPSA) is 34.9 Å². The van der Waals surface area contributed by atoms with Crippen LogP contribution >= 0.6 is 11.6 Å². The fraction of sp³-hybridized carbons (Fsp3) is 0.231. The zero-order chi connectivity index (χ0) is 13.1. The number of halogens is 2. The number of carbonyl (C=O) groups excluding carboxylic acids is 1. The van der Waals surface area contributed by atoms with Crippen LogP contribution in [0.1, 0.15) is 29.4 Å². The summed E-state index contributed by atoms with van der Waals surface area (Å²) < 4.78 is 14.9. The van der Waals surface area contributed by atoms with E-state index in [9.17, 15) is 9.18 Å². The first kappa shape index (κ1) is 12.8. The second kappa shape index (κ2) is 5.31. The van der Waals surface area contributed by atoms with Crippen LogP contribution in [0.25, 0.3) is 0 Å². The lowest BCUT2D eigenvalue weighted by Gasteiger charge is -2.05. The van der Waals surface area contributed by atoms with Crippen molar-refractivity contribution in [1.82, 2.24) is 9.78 Å². The van der Waals surface area contributed by atoms with Gasteiger partial charge in [-0.3, -0.25) is 9.48 Å². The van der Waals surface area contributed by atoms with Crippen LogP contribution in [0.4, 0.5) is 4.39 Å². The molecule has 0 spiro atoms. The summed E-state index contributed by atoms with van der Waals surface area (Å²) in [5.41, 5.74) is 0.730. The van der Waals surface area contributed by atoms with Crippen molar-refractivity contribution in [2.45, 2.75) is 19.9 Å². The zero-order valence-corrected chi connectivity index (χ0v) is 10.6. The van der Waals surface area contributed by atoms with E-state index >= 15 is 0 Å². The number of nitrogens with zero attached hydrogens (tertiary/aromatic N) is 2. The third kappa shape index (κ3) is 2.43. The van der Waals surface area contributed by atoms with Gasteiger partial charge < -0.3 is 0 Å². The summed E-state index contributed by atoms with van der Waals surface area (Å²) in [5.74, 6) is -0.847. The Balaban J connectivity index is 2.35. The Morgan fingerprint density at radius 3 is 2.89 bits per heavy atom. The highest BCUT2D eigenvalue weighted by Gasteiger charge is 2.15. The lowest BCUT2D eigenvalue weighted by atomic mass is 10.1. The summed E-state index contributed by atoms with van der Waals surface area (Å²) in [6.45, 7) is 2.65. The SMILES string of the molecule is CCCn1nccc1C(=O)c1ccc(Cl)c(F)c1. The molecule has 0 saturated heterocycles. The maximum atomic E-state index is 13.3. The minimum Gasteiger partial charge on any atom is -0.287 e. The number of ketones is 1. The summed E-state index contributed by atoms with van der Waals surface area (Å²) in [7, 11) is 0. The largest absolute Gasteiger partial charge is 0.287 e. The van der Waals surface area contributed by atoms with Gasteiger partial charge >= 0.3 is 0 Å². The molecule has 0 atom stereocenters. The second-order valence-electron chi connectivity index (χ2n) is 3.90. The Morgan fingerprint density at radius 2 is 2.22 bits per heavy atom. The van der Waals surface area contributed by atoms with E-state index in [2.05, 4.69) is 5.10 Å². The third-order valence-corrected chi connectivity index (χ3v) is 2.87. The molecule has 0 aliphatic carbocycles. The van der Waals surface area contributed by atoms with Gasteiger partial charge in [-0.15, -0.1) is 0 Å². The van der Waals surface area contributed by atoms with Gasteiger partial charge in [0.05, 0.1) is 5.02 Å². The highest BCUT2D eigenvalue weighted by Crippen LogP contribution is 2.18. The number of rotatable bonds is 4. The quantitative estimate of drug-likeness (QED) is 0.796. The van der Waals surface area contributed by atoms with Crippen molar-refractivity contribution in [2.24, 2.45) is 0 Å². The van der Waals surface area contributed by atoms with E-state index in [4.69, 9.17) is 11.6 Å². The lowest BCUT2D eigenvalue weighted by molar-refractivity contribution is 0.102. The monoisotopic (exact) mass is 266 g/mol. The van der Waals surface area contributed by atoms with Gasteiger partial charge in [0, 0.05) is 18.3 Å². The Hall–Kier alpha value is -1.68. The molecule has 0 saturated carbocycles. The minimum atomic E-state index is -0.593. The van der Waals surface area contributed by atoms with Gasteiger partial charge in [-0.05, 0) is 30.7 Å². The Morgan fingerprint density at radius 1 is 1.44 bits per heavy atom. The first-order valence-electron chi connectivity index (χ1n) is 5.65. The number of hydrogen-bond acceptors (Lipinski definition) is 2. The number of benzene rings is 1. The van der Waals surface area contributed by atoms with Crippen molar-refractivity contribution in [3.05, 3.63) is 52.6 Å². The summed E-state index contributed by atoms with van der Waals surface area (Å²) in [6, 6.07) is 5.67. The molecule has 5 heteroatoms. The molecule has 0 aliphatic rings. The van der Waals surface area contributed by atoms with Crippen molar-refractivity contribution in [1.29, 1.82) is 0 Å². The van der Waals surface area contributed by atoms with E-state index in [1.807, 2.05) is 6.92 Å². The highest BCUT2D eigenvalue weighted by atomic mass is 35.5. The van der Waals surface area contributed by atoms with E-state index in [0.29, 0.717) is 12.2 Å². The number of aryl methyl sites for hydroxylation is 1. The van der Waals surface area contributed by atoms with Crippen LogP contribution in [-0.2, 0) is 6.54 Å². The molecule has 0 amide bonds. The predicted octanol–water partition coefficient (Wildman–Crippen LogP) is 3.32. The standard InChI is InChI=1S/C13H12ClFN2O/c1-2-7-17-12(5-6-16-17)13(18)9-3-4-10(14)11(15)8-9/h3-6,8H,2,7H2,1H3. The summed E-state index contributed by atoms with van der Waals surface area (Å²) in [5, 5.41) is 4.08. The summed E-state index contributed by atoms with van der Waals surface area (Å²) in [6.07, 6.45) is 2.44. The third-order valence-electron chi connectivity index (χ3n) is 2.57. The lowest BCUT2D eigenvalue weighted by Crippen LogP contribution is -2.11.